The molecule has 2 aromatic carbocycles. The van der Waals surface area contributed by atoms with E-state index in [2.05, 4.69) is 0 Å². The molecule has 0 aliphatic carbocycles. The van der Waals surface area contributed by atoms with Crippen LogP contribution in [-0.2, 0) is 0 Å². The molecule has 0 fully saturated rings. The second-order valence-electron chi connectivity index (χ2n) is 5.78. The number of rotatable bonds is 4. The van der Waals surface area contributed by atoms with Crippen molar-refractivity contribution >= 4 is 16.8 Å². The van der Waals surface area contributed by atoms with Crippen molar-refractivity contribution in [3.05, 3.63) is 75.1 Å². The van der Waals surface area contributed by atoms with E-state index >= 15 is 0 Å². The van der Waals surface area contributed by atoms with Gasteiger partial charge in [-0.25, -0.2) is 4.79 Å². The van der Waals surface area contributed by atoms with Crippen LogP contribution < -0.4 is 10.4 Å². The maximum absolute atomic E-state index is 12.1. The van der Waals surface area contributed by atoms with Gasteiger partial charge in [0.15, 0.2) is 12.4 Å². The lowest BCUT2D eigenvalue weighted by Crippen LogP contribution is -2.12. The zero-order chi connectivity index (χ0) is 17.3. The monoisotopic (exact) mass is 322 g/mol. The first kappa shape index (κ1) is 16.0. The van der Waals surface area contributed by atoms with Gasteiger partial charge in [-0.3, -0.25) is 4.79 Å². The second-order valence-corrected chi connectivity index (χ2v) is 5.78. The van der Waals surface area contributed by atoms with E-state index in [4.69, 9.17) is 9.15 Å². The molecule has 0 radical (unpaired) electrons. The van der Waals surface area contributed by atoms with Crippen molar-refractivity contribution in [2.24, 2.45) is 0 Å². The minimum Gasteiger partial charge on any atom is -0.485 e. The van der Waals surface area contributed by atoms with E-state index in [9.17, 15) is 9.59 Å². The van der Waals surface area contributed by atoms with E-state index in [0.717, 1.165) is 10.9 Å². The lowest BCUT2D eigenvalue weighted by atomic mass is 10.0. The van der Waals surface area contributed by atoms with Crippen molar-refractivity contribution in [3.8, 4) is 5.75 Å². The Labute approximate surface area is 139 Å². The lowest BCUT2D eigenvalue weighted by Gasteiger charge is -2.12. The van der Waals surface area contributed by atoms with Gasteiger partial charge in [0, 0.05) is 22.1 Å². The molecule has 0 spiro atoms. The largest absolute Gasteiger partial charge is 0.485 e. The Morgan fingerprint density at radius 1 is 0.958 bits per heavy atom. The van der Waals surface area contributed by atoms with E-state index in [1.54, 1.807) is 19.1 Å². The molecule has 1 heterocycles. The summed E-state index contributed by atoms with van der Waals surface area (Å²) < 4.78 is 11.1. The van der Waals surface area contributed by atoms with Gasteiger partial charge in [-0.15, -0.1) is 0 Å². The Bertz CT molecular complexity index is 968. The van der Waals surface area contributed by atoms with Gasteiger partial charge in [0.25, 0.3) is 0 Å². The maximum Gasteiger partial charge on any atom is 0.339 e. The highest BCUT2D eigenvalue weighted by molar-refractivity contribution is 5.97. The minimum absolute atomic E-state index is 0.0641. The lowest BCUT2D eigenvalue weighted by molar-refractivity contribution is 0.0921. The van der Waals surface area contributed by atoms with Gasteiger partial charge in [0.2, 0.25) is 0 Å². The Morgan fingerprint density at radius 3 is 2.38 bits per heavy atom. The van der Waals surface area contributed by atoms with E-state index in [1.807, 2.05) is 44.2 Å². The van der Waals surface area contributed by atoms with E-state index < -0.39 is 0 Å². The van der Waals surface area contributed by atoms with Gasteiger partial charge in [0.05, 0.1) is 0 Å². The van der Waals surface area contributed by atoms with Crippen LogP contribution >= 0.6 is 0 Å². The number of ketones is 1. The number of carbonyl (C=O) groups is 1. The molecular weight excluding hydrogens is 304 g/mol. The Hall–Kier alpha value is -2.88. The summed E-state index contributed by atoms with van der Waals surface area (Å²) in [6.07, 6.45) is 0. The van der Waals surface area contributed by atoms with E-state index in [1.165, 1.54) is 0 Å². The van der Waals surface area contributed by atoms with Crippen LogP contribution in [0, 0.1) is 20.8 Å². The molecule has 0 N–H and O–H groups in total. The molecule has 0 saturated heterocycles. The summed E-state index contributed by atoms with van der Waals surface area (Å²) in [4.78, 5) is 24.1. The molecule has 0 atom stereocenters. The fourth-order valence-electron chi connectivity index (χ4n) is 2.63. The molecule has 122 valence electrons. The average Bonchev–Trinajstić information content (AvgIpc) is 2.60. The molecule has 4 nitrogen and oxygen atoms in total. The molecule has 0 aliphatic rings. The summed E-state index contributed by atoms with van der Waals surface area (Å²) in [7, 11) is 0. The van der Waals surface area contributed by atoms with Crippen LogP contribution in [0.2, 0.25) is 0 Å². The van der Waals surface area contributed by atoms with Crippen LogP contribution in [0.4, 0.5) is 0 Å². The fourth-order valence-corrected chi connectivity index (χ4v) is 2.63. The zero-order valence-electron chi connectivity index (χ0n) is 13.9. The quantitative estimate of drug-likeness (QED) is 0.538. The first-order chi connectivity index (χ1) is 11.5. The molecule has 0 saturated carbocycles. The molecule has 3 rings (SSSR count). The third-order valence-electron chi connectivity index (χ3n) is 4.28. The molecule has 0 amide bonds. The van der Waals surface area contributed by atoms with Gasteiger partial charge < -0.3 is 9.15 Å². The summed E-state index contributed by atoms with van der Waals surface area (Å²) >= 11 is 0. The number of carbonyl (C=O) groups excluding carboxylic acids is 1. The molecule has 4 heteroatoms. The van der Waals surface area contributed by atoms with Crippen LogP contribution in [0.1, 0.15) is 27.0 Å². The van der Waals surface area contributed by atoms with Gasteiger partial charge in [-0.2, -0.15) is 0 Å². The number of hydrogen-bond acceptors (Lipinski definition) is 4. The van der Waals surface area contributed by atoms with Crippen LogP contribution in [0.5, 0.6) is 5.75 Å². The Kier molecular flexibility index (Phi) is 4.21. The topological polar surface area (TPSA) is 56.5 Å². The summed E-state index contributed by atoms with van der Waals surface area (Å²) in [6.45, 7) is 5.40. The first-order valence-electron chi connectivity index (χ1n) is 7.73. The third-order valence-corrected chi connectivity index (χ3v) is 4.28. The number of benzene rings is 2. The zero-order valence-corrected chi connectivity index (χ0v) is 13.9. The highest BCUT2D eigenvalue weighted by Crippen LogP contribution is 2.29. The van der Waals surface area contributed by atoms with Crippen LogP contribution in [-0.4, -0.2) is 12.4 Å². The molecule has 0 aliphatic heterocycles. The molecule has 0 unspecified atom stereocenters. The van der Waals surface area contributed by atoms with E-state index in [-0.39, 0.29) is 18.0 Å². The smallest absolute Gasteiger partial charge is 0.339 e. The molecule has 3 aromatic rings. The average molecular weight is 322 g/mol. The predicted octanol–water partition coefficient (Wildman–Crippen LogP) is 3.98. The highest BCUT2D eigenvalue weighted by Gasteiger charge is 2.14. The second kappa shape index (κ2) is 6.32. The summed E-state index contributed by atoms with van der Waals surface area (Å²) in [5.41, 5.74) is 2.99. The number of Topliss-reactive ketones (excluding diaryl/α,β-unsaturated/α-hetero) is 1. The SMILES string of the molecule is Cc1c(C)c2ccc(OCC(=O)c3ccccc3)c(C)c2oc1=O. The number of ether oxygens (including phenoxy) is 1. The molecule has 24 heavy (non-hydrogen) atoms. The predicted molar refractivity (Wildman–Crippen MR) is 93.0 cm³/mol. The van der Waals surface area contributed by atoms with Crippen LogP contribution in [0.3, 0.4) is 0 Å². The first-order valence-corrected chi connectivity index (χ1v) is 7.73. The third kappa shape index (κ3) is 2.83. The number of fused-ring (bicyclic) bond motifs is 1. The van der Waals surface area contributed by atoms with Crippen molar-refractivity contribution in [1.29, 1.82) is 0 Å². The molecule has 0 bridgehead atoms. The van der Waals surface area contributed by atoms with Crippen molar-refractivity contribution in [3.63, 3.8) is 0 Å². The maximum atomic E-state index is 12.1. The van der Waals surface area contributed by atoms with Gasteiger partial charge >= 0.3 is 5.63 Å². The summed E-state index contributed by atoms with van der Waals surface area (Å²) in [5.74, 6) is 0.440. The molecular formula is C20H18O4. The van der Waals surface area contributed by atoms with Gasteiger partial charge in [0.1, 0.15) is 11.3 Å². The summed E-state index contributed by atoms with van der Waals surface area (Å²) in [5, 5.41) is 0.881. The van der Waals surface area contributed by atoms with E-state index in [0.29, 0.717) is 28.0 Å². The van der Waals surface area contributed by atoms with Crippen LogP contribution in [0.25, 0.3) is 11.0 Å². The van der Waals surface area contributed by atoms with Gasteiger partial charge in [-0.05, 0) is 38.5 Å². The van der Waals surface area contributed by atoms with Crippen molar-refractivity contribution < 1.29 is 13.9 Å². The number of hydrogen-bond donors (Lipinski definition) is 0. The van der Waals surface area contributed by atoms with Gasteiger partial charge in [-0.1, -0.05) is 30.3 Å². The highest BCUT2D eigenvalue weighted by atomic mass is 16.5. The number of aryl methyl sites for hydroxylation is 2. The molecule has 1 aromatic heterocycles. The Balaban J connectivity index is 1.91. The standard InChI is InChI=1S/C20H18O4/c1-12-13(2)20(22)24-19-14(3)18(10-9-16(12)19)23-11-17(21)15-7-5-4-6-8-15/h4-10H,11H2,1-3H3. The summed E-state index contributed by atoms with van der Waals surface area (Å²) in [6, 6.07) is 12.7. The normalized spacial score (nSPS) is 10.8. The Morgan fingerprint density at radius 2 is 1.67 bits per heavy atom. The van der Waals surface area contributed by atoms with Crippen LogP contribution in [0.15, 0.2) is 51.7 Å². The fraction of sp³-hybridized carbons (Fsp3) is 0.200. The van der Waals surface area contributed by atoms with Crippen molar-refractivity contribution in [2.75, 3.05) is 6.61 Å². The van der Waals surface area contributed by atoms with Crippen molar-refractivity contribution in [2.45, 2.75) is 20.8 Å². The minimum atomic E-state index is -0.347. The van der Waals surface area contributed by atoms with Crippen molar-refractivity contribution in [1.82, 2.24) is 0 Å².